The first-order valence-corrected chi connectivity index (χ1v) is 9.60. The van der Waals surface area contributed by atoms with Gasteiger partial charge in [0.05, 0.1) is 39.0 Å². The van der Waals surface area contributed by atoms with E-state index in [2.05, 4.69) is 10.1 Å². The molecule has 158 valence electrons. The maximum atomic E-state index is 13.3. The van der Waals surface area contributed by atoms with Gasteiger partial charge >= 0.3 is 0 Å². The number of nitrogens with zero attached hydrogens (tertiary/aromatic N) is 3. The first-order valence-electron chi connectivity index (χ1n) is 9.60. The predicted molar refractivity (Wildman–Crippen MR) is 103 cm³/mol. The number of hydrogen-bond acceptors (Lipinski definition) is 8. The number of amides is 1. The number of methoxy groups -OCH3 is 3. The Hall–Kier alpha value is -2.65. The van der Waals surface area contributed by atoms with Gasteiger partial charge < -0.3 is 28.4 Å². The summed E-state index contributed by atoms with van der Waals surface area (Å²) >= 11 is 0. The molecule has 29 heavy (non-hydrogen) atoms. The van der Waals surface area contributed by atoms with Crippen molar-refractivity contribution in [3.63, 3.8) is 0 Å². The molecule has 1 unspecified atom stereocenters. The summed E-state index contributed by atoms with van der Waals surface area (Å²) in [6, 6.07) is 4.92. The second-order valence-corrected chi connectivity index (χ2v) is 6.67. The minimum absolute atomic E-state index is 0.128. The van der Waals surface area contributed by atoms with E-state index >= 15 is 0 Å². The number of ether oxygens (including phenoxy) is 4. The Kier molecular flexibility index (Phi) is 7.42. The van der Waals surface area contributed by atoms with Crippen LogP contribution in [-0.4, -0.2) is 62.0 Å². The van der Waals surface area contributed by atoms with Crippen LogP contribution in [0.2, 0.25) is 0 Å². The molecule has 1 aliphatic rings. The van der Waals surface area contributed by atoms with Crippen molar-refractivity contribution < 1.29 is 28.3 Å². The molecule has 1 aromatic carbocycles. The van der Waals surface area contributed by atoms with Crippen LogP contribution in [0.25, 0.3) is 0 Å². The van der Waals surface area contributed by atoms with Crippen molar-refractivity contribution in [3.8, 4) is 11.5 Å². The molecule has 1 aliphatic heterocycles. The molecule has 0 saturated carbocycles. The molecule has 1 fully saturated rings. The van der Waals surface area contributed by atoms with Crippen molar-refractivity contribution in [2.45, 2.75) is 31.9 Å². The molecule has 0 bridgehead atoms. The summed E-state index contributed by atoms with van der Waals surface area (Å²) in [5.74, 6) is 1.85. The standard InChI is InChI=1S/C20H27N3O6/c1-25-10-11-28-13-18-21-19(22-29-18)16-6-4-5-9-23(16)20(24)15-8-7-14(26-2)12-17(15)27-3/h7-8,12,16H,4-6,9-11,13H2,1-3H3. The first-order chi connectivity index (χ1) is 14.2. The van der Waals surface area contributed by atoms with Crippen LogP contribution >= 0.6 is 0 Å². The molecular formula is C20H27N3O6. The summed E-state index contributed by atoms with van der Waals surface area (Å²) < 4.78 is 26.3. The fourth-order valence-electron chi connectivity index (χ4n) is 3.34. The molecule has 3 rings (SSSR count). The lowest BCUT2D eigenvalue weighted by atomic mass is 10.00. The van der Waals surface area contributed by atoms with E-state index in [1.807, 2.05) is 0 Å². The van der Waals surface area contributed by atoms with Gasteiger partial charge in [0.1, 0.15) is 18.1 Å². The molecule has 1 aromatic heterocycles. The van der Waals surface area contributed by atoms with Crippen molar-refractivity contribution in [1.82, 2.24) is 15.0 Å². The van der Waals surface area contributed by atoms with Crippen molar-refractivity contribution in [2.24, 2.45) is 0 Å². The first kappa shape index (κ1) is 21.1. The smallest absolute Gasteiger partial charge is 0.258 e. The summed E-state index contributed by atoms with van der Waals surface area (Å²) in [5.41, 5.74) is 0.479. The van der Waals surface area contributed by atoms with E-state index in [9.17, 15) is 4.79 Å². The molecule has 9 nitrogen and oxygen atoms in total. The van der Waals surface area contributed by atoms with E-state index in [0.29, 0.717) is 48.5 Å². The summed E-state index contributed by atoms with van der Waals surface area (Å²) in [6.07, 6.45) is 2.68. The zero-order valence-corrected chi connectivity index (χ0v) is 17.1. The van der Waals surface area contributed by atoms with Crippen molar-refractivity contribution in [2.75, 3.05) is 41.1 Å². The largest absolute Gasteiger partial charge is 0.497 e. The highest BCUT2D eigenvalue weighted by Crippen LogP contribution is 2.33. The lowest BCUT2D eigenvalue weighted by molar-refractivity contribution is 0.0494. The maximum Gasteiger partial charge on any atom is 0.258 e. The SMILES string of the molecule is COCCOCc1nc(C2CCCCN2C(=O)c2ccc(OC)cc2OC)no1. The Labute approximate surface area is 169 Å². The molecule has 0 aliphatic carbocycles. The molecule has 9 heteroatoms. The molecule has 0 spiro atoms. The van der Waals surface area contributed by atoms with Gasteiger partial charge in [0.25, 0.3) is 11.8 Å². The molecule has 0 N–H and O–H groups in total. The monoisotopic (exact) mass is 405 g/mol. The van der Waals surface area contributed by atoms with Crippen molar-refractivity contribution in [1.29, 1.82) is 0 Å². The van der Waals surface area contributed by atoms with Crippen LogP contribution in [-0.2, 0) is 16.1 Å². The maximum absolute atomic E-state index is 13.3. The van der Waals surface area contributed by atoms with E-state index in [4.69, 9.17) is 23.5 Å². The van der Waals surface area contributed by atoms with Gasteiger partial charge in [-0.25, -0.2) is 0 Å². The minimum atomic E-state index is -0.250. The van der Waals surface area contributed by atoms with E-state index in [1.165, 1.54) is 7.11 Å². The Balaban J connectivity index is 1.76. The van der Waals surface area contributed by atoms with Gasteiger partial charge in [0.2, 0.25) is 0 Å². The number of benzene rings is 1. The molecule has 2 aromatic rings. The second-order valence-electron chi connectivity index (χ2n) is 6.67. The van der Waals surface area contributed by atoms with Crippen LogP contribution in [0.4, 0.5) is 0 Å². The highest BCUT2D eigenvalue weighted by molar-refractivity contribution is 5.97. The zero-order chi connectivity index (χ0) is 20.6. The van der Waals surface area contributed by atoms with E-state index in [0.717, 1.165) is 19.3 Å². The third kappa shape index (κ3) is 5.04. The summed E-state index contributed by atoms with van der Waals surface area (Å²) in [4.78, 5) is 19.5. The van der Waals surface area contributed by atoms with Crippen molar-refractivity contribution in [3.05, 3.63) is 35.5 Å². The predicted octanol–water partition coefficient (Wildman–Crippen LogP) is 2.62. The van der Waals surface area contributed by atoms with Gasteiger partial charge in [0, 0.05) is 19.7 Å². The number of likely N-dealkylation sites (tertiary alicyclic amines) is 1. The summed E-state index contributed by atoms with van der Waals surface area (Å²) in [7, 11) is 4.72. The number of carbonyl (C=O) groups excluding carboxylic acids is 1. The Morgan fingerprint density at radius 1 is 1.21 bits per heavy atom. The van der Waals surface area contributed by atoms with Crippen LogP contribution in [0, 0.1) is 0 Å². The average Bonchev–Trinajstić information content (AvgIpc) is 3.24. The zero-order valence-electron chi connectivity index (χ0n) is 17.1. The number of rotatable bonds is 9. The fraction of sp³-hybridized carbons (Fsp3) is 0.550. The average molecular weight is 405 g/mol. The molecule has 1 amide bonds. The van der Waals surface area contributed by atoms with E-state index in [-0.39, 0.29) is 18.6 Å². The van der Waals surface area contributed by atoms with Crippen LogP contribution in [0.15, 0.2) is 22.7 Å². The lowest BCUT2D eigenvalue weighted by Crippen LogP contribution is -2.39. The Bertz CT molecular complexity index is 809. The number of aromatic nitrogens is 2. The number of hydrogen-bond donors (Lipinski definition) is 0. The van der Waals surface area contributed by atoms with Crippen LogP contribution in [0.5, 0.6) is 11.5 Å². The lowest BCUT2D eigenvalue weighted by Gasteiger charge is -2.34. The van der Waals surface area contributed by atoms with Gasteiger partial charge in [-0.1, -0.05) is 5.16 Å². The highest BCUT2D eigenvalue weighted by atomic mass is 16.5. The van der Waals surface area contributed by atoms with Crippen LogP contribution < -0.4 is 9.47 Å². The van der Waals surface area contributed by atoms with Crippen molar-refractivity contribution >= 4 is 5.91 Å². The highest BCUT2D eigenvalue weighted by Gasteiger charge is 2.33. The van der Waals surface area contributed by atoms with Gasteiger partial charge in [-0.3, -0.25) is 4.79 Å². The number of piperidine rings is 1. The van der Waals surface area contributed by atoms with Crippen LogP contribution in [0.1, 0.15) is 47.4 Å². The van der Waals surface area contributed by atoms with E-state index in [1.54, 1.807) is 37.3 Å². The fourth-order valence-corrected chi connectivity index (χ4v) is 3.34. The normalized spacial score (nSPS) is 16.7. The van der Waals surface area contributed by atoms with Crippen LogP contribution in [0.3, 0.4) is 0 Å². The molecule has 0 radical (unpaired) electrons. The second kappa shape index (κ2) is 10.2. The number of carbonyl (C=O) groups is 1. The third-order valence-electron chi connectivity index (χ3n) is 4.84. The third-order valence-corrected chi connectivity index (χ3v) is 4.84. The molecular weight excluding hydrogens is 378 g/mol. The molecule has 1 saturated heterocycles. The van der Waals surface area contributed by atoms with E-state index < -0.39 is 0 Å². The molecule has 2 heterocycles. The quantitative estimate of drug-likeness (QED) is 0.588. The van der Waals surface area contributed by atoms with Gasteiger partial charge in [0.15, 0.2) is 5.82 Å². The summed E-state index contributed by atoms with van der Waals surface area (Å²) in [5, 5.41) is 4.09. The van der Waals surface area contributed by atoms with Gasteiger partial charge in [-0.15, -0.1) is 0 Å². The Morgan fingerprint density at radius 2 is 2.07 bits per heavy atom. The summed E-state index contributed by atoms with van der Waals surface area (Å²) in [6.45, 7) is 1.77. The molecule has 1 atom stereocenters. The topological polar surface area (TPSA) is 96.2 Å². The minimum Gasteiger partial charge on any atom is -0.497 e. The Morgan fingerprint density at radius 3 is 2.83 bits per heavy atom. The van der Waals surface area contributed by atoms with Gasteiger partial charge in [-0.2, -0.15) is 4.98 Å². The van der Waals surface area contributed by atoms with Gasteiger partial charge in [-0.05, 0) is 31.4 Å².